The summed E-state index contributed by atoms with van der Waals surface area (Å²) in [7, 11) is 0. The number of hydrogen-bond donors (Lipinski definition) is 1. The average molecular weight is 455 g/mol. The number of carboxylic acid groups (broad SMARTS) is 1. The van der Waals surface area contributed by atoms with E-state index in [4.69, 9.17) is 9.84 Å². The highest BCUT2D eigenvalue weighted by Gasteiger charge is 2.18. The molecule has 2 aromatic carbocycles. The second-order valence-corrected chi connectivity index (χ2v) is 7.25. The fourth-order valence-corrected chi connectivity index (χ4v) is 3.63. The van der Waals surface area contributed by atoms with Gasteiger partial charge < -0.3 is 14.7 Å². The van der Waals surface area contributed by atoms with Crippen LogP contribution in [-0.2, 0) is 9.53 Å². The van der Waals surface area contributed by atoms with Gasteiger partial charge in [-0.2, -0.15) is 0 Å². The highest BCUT2D eigenvalue weighted by Crippen LogP contribution is 2.25. The number of carboxylic acids is 1. The summed E-state index contributed by atoms with van der Waals surface area (Å²) in [6, 6.07) is 20.7. The average Bonchev–Trinajstić information content (AvgIpc) is 2.73. The molecule has 1 N–H and O–H groups in total. The Morgan fingerprint density at radius 2 is 1.30 bits per heavy atom. The van der Waals surface area contributed by atoms with Gasteiger partial charge >= 0.3 is 5.97 Å². The molecule has 1 aliphatic heterocycles. The molecule has 0 radical (unpaired) electrons. The Kier molecular flexibility index (Phi) is 12.7. The summed E-state index contributed by atoms with van der Waals surface area (Å²) in [4.78, 5) is 15.4. The molecule has 0 saturated carbocycles. The summed E-state index contributed by atoms with van der Waals surface area (Å²) >= 11 is 0. The SMILES string of the molecule is Cl.Cl.O=C(O)CCCN1CCN(CCOC(c2ccccc2)c2ccccc2)CC1. The van der Waals surface area contributed by atoms with Gasteiger partial charge in [0.15, 0.2) is 0 Å². The Balaban J connectivity index is 0.00000225. The van der Waals surface area contributed by atoms with E-state index >= 15 is 0 Å². The van der Waals surface area contributed by atoms with Gasteiger partial charge in [0, 0.05) is 39.1 Å². The van der Waals surface area contributed by atoms with Gasteiger partial charge in [-0.15, -0.1) is 24.8 Å². The standard InChI is InChI=1S/C23H30N2O3.2ClH/c26-22(27)12-7-13-24-14-16-25(17-15-24)18-19-28-23(20-8-3-1-4-9-20)21-10-5-2-6-11-21;;/h1-6,8-11,23H,7,12-19H2,(H,26,27);2*1H. The maximum atomic E-state index is 10.6. The van der Waals surface area contributed by atoms with Crippen LogP contribution in [0.2, 0.25) is 0 Å². The van der Waals surface area contributed by atoms with Gasteiger partial charge in [0.05, 0.1) is 6.61 Å². The number of ether oxygens (including phenoxy) is 1. The maximum Gasteiger partial charge on any atom is 0.303 e. The topological polar surface area (TPSA) is 53.0 Å². The Morgan fingerprint density at radius 3 is 1.77 bits per heavy atom. The zero-order valence-electron chi connectivity index (χ0n) is 17.2. The Bertz CT molecular complexity index is 671. The van der Waals surface area contributed by atoms with E-state index in [2.05, 4.69) is 58.3 Å². The molecule has 0 bridgehead atoms. The summed E-state index contributed by atoms with van der Waals surface area (Å²) < 4.78 is 6.31. The summed E-state index contributed by atoms with van der Waals surface area (Å²) in [6.07, 6.45) is 0.947. The number of rotatable bonds is 10. The first kappa shape index (κ1) is 26.4. The fourth-order valence-electron chi connectivity index (χ4n) is 3.63. The summed E-state index contributed by atoms with van der Waals surface area (Å²) in [6.45, 7) is 6.50. The molecular formula is C23H32Cl2N2O3. The quantitative estimate of drug-likeness (QED) is 0.584. The van der Waals surface area contributed by atoms with Crippen LogP contribution in [-0.4, -0.2) is 66.8 Å². The molecule has 1 saturated heterocycles. The second-order valence-electron chi connectivity index (χ2n) is 7.25. The third-order valence-corrected chi connectivity index (χ3v) is 5.23. The minimum absolute atomic E-state index is 0. The van der Waals surface area contributed by atoms with Gasteiger partial charge in [-0.05, 0) is 24.1 Å². The van der Waals surface area contributed by atoms with Gasteiger partial charge in [-0.25, -0.2) is 0 Å². The van der Waals surface area contributed by atoms with Crippen LogP contribution < -0.4 is 0 Å². The van der Waals surface area contributed by atoms with Gasteiger partial charge in [-0.3, -0.25) is 9.69 Å². The van der Waals surface area contributed by atoms with E-state index in [0.717, 1.165) is 45.7 Å². The second kappa shape index (κ2) is 14.4. The Labute approximate surface area is 191 Å². The van der Waals surface area contributed by atoms with Crippen LogP contribution in [0.1, 0.15) is 30.1 Å². The van der Waals surface area contributed by atoms with Crippen molar-refractivity contribution >= 4 is 30.8 Å². The lowest BCUT2D eigenvalue weighted by Crippen LogP contribution is -2.47. The minimum Gasteiger partial charge on any atom is -0.481 e. The molecule has 166 valence electrons. The van der Waals surface area contributed by atoms with Crippen LogP contribution in [0.5, 0.6) is 0 Å². The number of benzene rings is 2. The normalized spacial score (nSPS) is 14.7. The van der Waals surface area contributed by atoms with Crippen molar-refractivity contribution in [3.8, 4) is 0 Å². The van der Waals surface area contributed by atoms with Gasteiger partial charge in [-0.1, -0.05) is 60.7 Å². The van der Waals surface area contributed by atoms with Crippen molar-refractivity contribution in [2.24, 2.45) is 0 Å². The van der Waals surface area contributed by atoms with Crippen LogP contribution in [0.3, 0.4) is 0 Å². The predicted molar refractivity (Wildman–Crippen MR) is 125 cm³/mol. The Hall–Kier alpha value is -1.63. The zero-order valence-corrected chi connectivity index (χ0v) is 18.8. The van der Waals surface area contributed by atoms with Crippen LogP contribution >= 0.6 is 24.8 Å². The van der Waals surface area contributed by atoms with E-state index in [9.17, 15) is 4.79 Å². The zero-order chi connectivity index (χ0) is 19.6. The smallest absolute Gasteiger partial charge is 0.303 e. The maximum absolute atomic E-state index is 10.6. The molecule has 1 aliphatic rings. The molecule has 0 atom stereocenters. The van der Waals surface area contributed by atoms with Crippen molar-refractivity contribution in [2.75, 3.05) is 45.9 Å². The van der Waals surface area contributed by atoms with Gasteiger partial charge in [0.25, 0.3) is 0 Å². The largest absolute Gasteiger partial charge is 0.481 e. The van der Waals surface area contributed by atoms with Crippen LogP contribution in [0.25, 0.3) is 0 Å². The molecular weight excluding hydrogens is 423 g/mol. The number of aliphatic carboxylic acids is 1. The predicted octanol–water partition coefficient (Wildman–Crippen LogP) is 4.12. The number of carbonyl (C=O) groups is 1. The number of halogens is 2. The van der Waals surface area contributed by atoms with Crippen molar-refractivity contribution in [1.82, 2.24) is 9.80 Å². The highest BCUT2D eigenvalue weighted by atomic mass is 35.5. The Morgan fingerprint density at radius 1 is 0.833 bits per heavy atom. The van der Waals surface area contributed by atoms with Gasteiger partial charge in [0.1, 0.15) is 6.10 Å². The first-order chi connectivity index (χ1) is 13.7. The van der Waals surface area contributed by atoms with E-state index in [1.165, 1.54) is 11.1 Å². The lowest BCUT2D eigenvalue weighted by Gasteiger charge is -2.34. The van der Waals surface area contributed by atoms with Crippen molar-refractivity contribution in [3.63, 3.8) is 0 Å². The molecule has 1 heterocycles. The number of hydrogen-bond acceptors (Lipinski definition) is 4. The molecule has 3 rings (SSSR count). The highest BCUT2D eigenvalue weighted by molar-refractivity contribution is 5.85. The van der Waals surface area contributed by atoms with E-state index in [0.29, 0.717) is 6.61 Å². The van der Waals surface area contributed by atoms with E-state index in [1.807, 2.05) is 12.1 Å². The summed E-state index contributed by atoms with van der Waals surface area (Å²) in [5, 5.41) is 8.75. The summed E-state index contributed by atoms with van der Waals surface area (Å²) in [5.41, 5.74) is 2.36. The third kappa shape index (κ3) is 8.62. The van der Waals surface area contributed by atoms with Crippen molar-refractivity contribution in [2.45, 2.75) is 18.9 Å². The monoisotopic (exact) mass is 454 g/mol. The minimum atomic E-state index is -0.706. The van der Waals surface area contributed by atoms with E-state index in [-0.39, 0.29) is 37.3 Å². The van der Waals surface area contributed by atoms with Crippen LogP contribution in [0, 0.1) is 0 Å². The molecule has 0 aliphatic carbocycles. The van der Waals surface area contributed by atoms with Crippen LogP contribution in [0.15, 0.2) is 60.7 Å². The van der Waals surface area contributed by atoms with E-state index < -0.39 is 5.97 Å². The fraction of sp³-hybridized carbons (Fsp3) is 0.435. The lowest BCUT2D eigenvalue weighted by atomic mass is 10.0. The molecule has 2 aromatic rings. The molecule has 7 heteroatoms. The van der Waals surface area contributed by atoms with Crippen molar-refractivity contribution < 1.29 is 14.6 Å². The molecule has 0 unspecified atom stereocenters. The van der Waals surface area contributed by atoms with Gasteiger partial charge in [0.2, 0.25) is 0 Å². The lowest BCUT2D eigenvalue weighted by molar-refractivity contribution is -0.137. The van der Waals surface area contributed by atoms with Crippen LogP contribution in [0.4, 0.5) is 0 Å². The molecule has 1 fully saturated rings. The molecule has 0 amide bonds. The molecule has 0 spiro atoms. The third-order valence-electron chi connectivity index (χ3n) is 5.23. The summed E-state index contributed by atoms with van der Waals surface area (Å²) in [5.74, 6) is -0.706. The molecule has 5 nitrogen and oxygen atoms in total. The molecule has 30 heavy (non-hydrogen) atoms. The number of nitrogens with zero attached hydrogens (tertiary/aromatic N) is 2. The first-order valence-corrected chi connectivity index (χ1v) is 10.1. The first-order valence-electron chi connectivity index (χ1n) is 10.1. The number of piperazine rings is 1. The van der Waals surface area contributed by atoms with Crippen molar-refractivity contribution in [1.29, 1.82) is 0 Å². The van der Waals surface area contributed by atoms with Crippen molar-refractivity contribution in [3.05, 3.63) is 71.8 Å². The van der Waals surface area contributed by atoms with E-state index in [1.54, 1.807) is 0 Å². The molecule has 0 aromatic heterocycles.